The summed E-state index contributed by atoms with van der Waals surface area (Å²) in [4.78, 5) is 24.2. The largest absolute Gasteiger partial charge is 0.383 e. The molecule has 0 N–H and O–H groups in total. The number of ether oxygens (including phenoxy) is 2. The summed E-state index contributed by atoms with van der Waals surface area (Å²) in [5, 5.41) is 10.6. The maximum Gasteiger partial charge on any atom is 0.269 e. The molecule has 1 aromatic rings. The van der Waals surface area contributed by atoms with E-state index in [0.29, 0.717) is 31.9 Å². The van der Waals surface area contributed by atoms with E-state index in [1.165, 1.54) is 24.3 Å². The molecule has 116 valence electrons. The Balaban J connectivity index is 2.64. The van der Waals surface area contributed by atoms with Crippen molar-refractivity contribution in [1.29, 1.82) is 0 Å². The van der Waals surface area contributed by atoms with Gasteiger partial charge in [0.2, 0.25) is 0 Å². The Morgan fingerprint density at radius 3 is 2.10 bits per heavy atom. The second-order valence-corrected chi connectivity index (χ2v) is 4.49. The Kier molecular flexibility index (Phi) is 7.52. The number of hydrogen-bond donors (Lipinski definition) is 0. The number of methoxy groups -OCH3 is 2. The second-order valence-electron chi connectivity index (χ2n) is 4.49. The lowest BCUT2D eigenvalue weighted by Crippen LogP contribution is -2.35. The van der Waals surface area contributed by atoms with E-state index in [2.05, 4.69) is 0 Å². The molecule has 0 aliphatic rings. The molecular formula is C14H20N2O5. The topological polar surface area (TPSA) is 81.9 Å². The van der Waals surface area contributed by atoms with Gasteiger partial charge in [0, 0.05) is 45.0 Å². The zero-order valence-electron chi connectivity index (χ0n) is 12.3. The van der Waals surface area contributed by atoms with Crippen LogP contribution in [0.15, 0.2) is 24.3 Å². The smallest absolute Gasteiger partial charge is 0.269 e. The van der Waals surface area contributed by atoms with Gasteiger partial charge in [-0.05, 0) is 12.1 Å². The first-order valence-electron chi connectivity index (χ1n) is 6.56. The van der Waals surface area contributed by atoms with Crippen LogP contribution in [0.5, 0.6) is 0 Å². The molecule has 0 unspecified atom stereocenters. The Bertz CT molecular complexity index is 453. The minimum absolute atomic E-state index is 0.0258. The molecule has 1 rings (SSSR count). The molecule has 7 nitrogen and oxygen atoms in total. The standard InChI is InChI=1S/C14H20N2O5/c1-20-9-7-15(8-10-21-2)11-14(17)12-3-5-13(6-4-12)16(18)19/h3-6H,7-11H2,1-2H3. The average Bonchev–Trinajstić information content (AvgIpc) is 2.49. The van der Waals surface area contributed by atoms with Crippen molar-refractivity contribution in [1.82, 2.24) is 4.90 Å². The van der Waals surface area contributed by atoms with E-state index in [4.69, 9.17) is 9.47 Å². The van der Waals surface area contributed by atoms with Crippen LogP contribution in [0.4, 0.5) is 5.69 Å². The number of benzene rings is 1. The number of carbonyl (C=O) groups excluding carboxylic acids is 1. The Morgan fingerprint density at radius 2 is 1.67 bits per heavy atom. The molecule has 1 aromatic carbocycles. The SMILES string of the molecule is COCCN(CCOC)CC(=O)c1ccc([N+](=O)[O-])cc1. The van der Waals surface area contributed by atoms with Gasteiger partial charge in [-0.3, -0.25) is 19.8 Å². The summed E-state index contributed by atoms with van der Waals surface area (Å²) >= 11 is 0. The predicted molar refractivity (Wildman–Crippen MR) is 77.6 cm³/mol. The Morgan fingerprint density at radius 1 is 1.14 bits per heavy atom. The second kappa shape index (κ2) is 9.17. The van der Waals surface area contributed by atoms with Gasteiger partial charge in [-0.15, -0.1) is 0 Å². The van der Waals surface area contributed by atoms with Gasteiger partial charge in [-0.2, -0.15) is 0 Å². The maximum atomic E-state index is 12.2. The number of non-ortho nitro benzene ring substituents is 1. The average molecular weight is 296 g/mol. The minimum Gasteiger partial charge on any atom is -0.383 e. The van der Waals surface area contributed by atoms with E-state index in [-0.39, 0.29) is 18.0 Å². The van der Waals surface area contributed by atoms with E-state index < -0.39 is 4.92 Å². The lowest BCUT2D eigenvalue weighted by Gasteiger charge is -2.20. The van der Waals surface area contributed by atoms with Crippen molar-refractivity contribution in [2.75, 3.05) is 47.1 Å². The summed E-state index contributed by atoms with van der Waals surface area (Å²) in [6.07, 6.45) is 0. The molecule has 0 aliphatic carbocycles. The minimum atomic E-state index is -0.488. The van der Waals surface area contributed by atoms with Crippen LogP contribution in [-0.2, 0) is 9.47 Å². The normalized spacial score (nSPS) is 10.8. The van der Waals surface area contributed by atoms with E-state index in [9.17, 15) is 14.9 Å². The van der Waals surface area contributed by atoms with Gasteiger partial charge in [-0.25, -0.2) is 0 Å². The summed E-state index contributed by atoms with van der Waals surface area (Å²) in [5.41, 5.74) is 0.433. The summed E-state index contributed by atoms with van der Waals surface area (Å²) in [6, 6.07) is 5.63. The maximum absolute atomic E-state index is 12.2. The summed E-state index contributed by atoms with van der Waals surface area (Å²) in [7, 11) is 3.21. The number of nitro groups is 1. The van der Waals surface area contributed by atoms with Crippen LogP contribution in [0.3, 0.4) is 0 Å². The highest BCUT2D eigenvalue weighted by atomic mass is 16.6. The van der Waals surface area contributed by atoms with Crippen LogP contribution >= 0.6 is 0 Å². The number of Topliss-reactive ketones (excluding diaryl/α,β-unsaturated/α-hetero) is 1. The first-order chi connectivity index (χ1) is 10.1. The summed E-state index contributed by atoms with van der Waals surface area (Å²) < 4.78 is 10.0. The molecule has 0 radical (unpaired) electrons. The highest BCUT2D eigenvalue weighted by Crippen LogP contribution is 2.12. The van der Waals surface area contributed by atoms with Crippen molar-refractivity contribution in [2.24, 2.45) is 0 Å². The number of carbonyl (C=O) groups is 1. The fourth-order valence-corrected chi connectivity index (χ4v) is 1.77. The van der Waals surface area contributed by atoms with Crippen LogP contribution in [-0.4, -0.2) is 62.7 Å². The fraction of sp³-hybridized carbons (Fsp3) is 0.500. The van der Waals surface area contributed by atoms with Crippen molar-refractivity contribution in [3.8, 4) is 0 Å². The number of nitro benzene ring substituents is 1. The first kappa shape index (κ1) is 17.2. The lowest BCUT2D eigenvalue weighted by atomic mass is 10.1. The van der Waals surface area contributed by atoms with E-state index in [1.807, 2.05) is 4.90 Å². The van der Waals surface area contributed by atoms with E-state index in [1.54, 1.807) is 14.2 Å². The summed E-state index contributed by atoms with van der Waals surface area (Å²) in [6.45, 7) is 2.52. The fourth-order valence-electron chi connectivity index (χ4n) is 1.77. The molecule has 21 heavy (non-hydrogen) atoms. The van der Waals surface area contributed by atoms with Crippen molar-refractivity contribution in [3.05, 3.63) is 39.9 Å². The van der Waals surface area contributed by atoms with Crippen LogP contribution in [0.1, 0.15) is 10.4 Å². The highest BCUT2D eigenvalue weighted by Gasteiger charge is 2.14. The number of ketones is 1. The highest BCUT2D eigenvalue weighted by molar-refractivity contribution is 5.97. The van der Waals surface area contributed by atoms with Gasteiger partial charge < -0.3 is 9.47 Å². The Labute approximate surface area is 123 Å². The van der Waals surface area contributed by atoms with Crippen LogP contribution in [0, 0.1) is 10.1 Å². The van der Waals surface area contributed by atoms with Crippen molar-refractivity contribution in [2.45, 2.75) is 0 Å². The van der Waals surface area contributed by atoms with Crippen molar-refractivity contribution < 1.29 is 19.2 Å². The summed E-state index contributed by atoms with van der Waals surface area (Å²) in [5.74, 6) is -0.0860. The van der Waals surface area contributed by atoms with Gasteiger partial charge in [-0.1, -0.05) is 0 Å². The first-order valence-corrected chi connectivity index (χ1v) is 6.56. The van der Waals surface area contributed by atoms with Crippen LogP contribution in [0.25, 0.3) is 0 Å². The van der Waals surface area contributed by atoms with Gasteiger partial charge in [0.05, 0.1) is 24.7 Å². The Hall–Kier alpha value is -1.83. The molecule has 0 aliphatic heterocycles. The molecule has 0 heterocycles. The van der Waals surface area contributed by atoms with Gasteiger partial charge in [0.25, 0.3) is 5.69 Å². The van der Waals surface area contributed by atoms with Gasteiger partial charge >= 0.3 is 0 Å². The number of nitrogens with zero attached hydrogens (tertiary/aromatic N) is 2. The third kappa shape index (κ3) is 5.99. The molecule has 7 heteroatoms. The monoisotopic (exact) mass is 296 g/mol. The van der Waals surface area contributed by atoms with Crippen LogP contribution < -0.4 is 0 Å². The molecule has 0 bridgehead atoms. The molecule has 0 atom stereocenters. The van der Waals surface area contributed by atoms with Crippen LogP contribution in [0.2, 0.25) is 0 Å². The van der Waals surface area contributed by atoms with Gasteiger partial charge in [0.15, 0.2) is 5.78 Å². The molecule has 0 spiro atoms. The van der Waals surface area contributed by atoms with E-state index in [0.717, 1.165) is 0 Å². The predicted octanol–water partition coefficient (Wildman–Crippen LogP) is 1.37. The third-order valence-electron chi connectivity index (χ3n) is 2.99. The van der Waals surface area contributed by atoms with Crippen molar-refractivity contribution in [3.63, 3.8) is 0 Å². The zero-order chi connectivity index (χ0) is 15.7. The number of rotatable bonds is 10. The van der Waals surface area contributed by atoms with Crippen molar-refractivity contribution >= 4 is 11.5 Å². The third-order valence-corrected chi connectivity index (χ3v) is 2.99. The molecule has 0 saturated heterocycles. The number of hydrogen-bond acceptors (Lipinski definition) is 6. The lowest BCUT2D eigenvalue weighted by molar-refractivity contribution is -0.384. The molecule has 0 amide bonds. The van der Waals surface area contributed by atoms with Gasteiger partial charge in [0.1, 0.15) is 0 Å². The zero-order valence-corrected chi connectivity index (χ0v) is 12.3. The molecule has 0 saturated carbocycles. The molecular weight excluding hydrogens is 276 g/mol. The molecule has 0 fully saturated rings. The molecule has 0 aromatic heterocycles. The quantitative estimate of drug-likeness (QED) is 0.368. The van der Waals surface area contributed by atoms with E-state index >= 15 is 0 Å².